The number of aromatic nitrogens is 1. The smallest absolute Gasteiger partial charge is 0.140 e. The third-order valence-electron chi connectivity index (χ3n) is 4.44. The second-order valence-electron chi connectivity index (χ2n) is 5.55. The van der Waals surface area contributed by atoms with Gasteiger partial charge in [-0.25, -0.2) is 4.98 Å². The normalized spacial score (nSPS) is 32.2. The number of nitrogens with zero attached hydrogens (tertiary/aromatic N) is 2. The number of hydrogen-bond donors (Lipinski definition) is 1. The van der Waals surface area contributed by atoms with E-state index in [-0.39, 0.29) is 0 Å². The van der Waals surface area contributed by atoms with Crippen molar-refractivity contribution < 1.29 is 0 Å². The fourth-order valence-corrected chi connectivity index (χ4v) is 3.79. The fourth-order valence-electron chi connectivity index (χ4n) is 3.42. The Hall–Kier alpha value is -0.610. The van der Waals surface area contributed by atoms with Crippen LogP contribution in [-0.4, -0.2) is 35.1 Å². The Morgan fingerprint density at radius 1 is 1.33 bits per heavy atom. The minimum absolute atomic E-state index is 0.572. The van der Waals surface area contributed by atoms with Crippen molar-refractivity contribution in [2.45, 2.75) is 50.2 Å². The number of fused-ring (bicyclic) bond motifs is 2. The van der Waals surface area contributed by atoms with Crippen molar-refractivity contribution in [1.29, 1.82) is 0 Å². The summed E-state index contributed by atoms with van der Waals surface area (Å²) in [4.78, 5) is 7.01. The van der Waals surface area contributed by atoms with Gasteiger partial charge in [0.05, 0.1) is 4.47 Å². The van der Waals surface area contributed by atoms with Crippen molar-refractivity contribution in [2.24, 2.45) is 0 Å². The minimum Gasteiger partial charge on any atom is -0.366 e. The van der Waals surface area contributed by atoms with E-state index in [4.69, 9.17) is 0 Å². The van der Waals surface area contributed by atoms with Crippen LogP contribution in [0.5, 0.6) is 0 Å². The Balaban J connectivity index is 1.70. The van der Waals surface area contributed by atoms with Crippen LogP contribution in [0.4, 0.5) is 5.82 Å². The molecule has 1 aromatic heterocycles. The number of piperidine rings is 2. The molecule has 1 N–H and O–H groups in total. The highest BCUT2D eigenvalue weighted by atomic mass is 79.9. The molecule has 0 radical (unpaired) electrons. The molecular formula is C14H20BrN3. The summed E-state index contributed by atoms with van der Waals surface area (Å²) < 4.78 is 1.06. The standard InChI is InChI=1S/C14H20BrN3/c1-18-11-4-2-5-12(18)9-10(8-11)17-14-13(15)6-3-7-16-14/h3,6-7,10-12H,2,4-5,8-9H2,1H3,(H,16,17)/t10?,11-,12?/m1/s1. The molecule has 18 heavy (non-hydrogen) atoms. The molecule has 1 aromatic rings. The molecule has 0 saturated carbocycles. The van der Waals surface area contributed by atoms with Crippen molar-refractivity contribution >= 4 is 21.7 Å². The molecule has 2 saturated heterocycles. The number of hydrogen-bond acceptors (Lipinski definition) is 3. The van der Waals surface area contributed by atoms with Gasteiger partial charge in [0, 0.05) is 24.3 Å². The first kappa shape index (κ1) is 12.4. The van der Waals surface area contributed by atoms with Crippen LogP contribution in [0, 0.1) is 0 Å². The zero-order valence-electron chi connectivity index (χ0n) is 10.8. The van der Waals surface area contributed by atoms with E-state index in [9.17, 15) is 0 Å². The highest BCUT2D eigenvalue weighted by Crippen LogP contribution is 2.34. The number of halogens is 1. The van der Waals surface area contributed by atoms with Crippen molar-refractivity contribution in [3.8, 4) is 0 Å². The van der Waals surface area contributed by atoms with Gasteiger partial charge in [-0.15, -0.1) is 0 Å². The minimum atomic E-state index is 0.572. The third-order valence-corrected chi connectivity index (χ3v) is 5.08. The molecule has 2 aliphatic heterocycles. The van der Waals surface area contributed by atoms with E-state index in [2.05, 4.69) is 38.2 Å². The van der Waals surface area contributed by atoms with Crippen LogP contribution >= 0.6 is 15.9 Å². The van der Waals surface area contributed by atoms with Gasteiger partial charge in [-0.1, -0.05) is 6.42 Å². The molecule has 3 atom stereocenters. The van der Waals surface area contributed by atoms with E-state index in [1.807, 2.05) is 18.3 Å². The van der Waals surface area contributed by atoms with Crippen molar-refractivity contribution in [3.05, 3.63) is 22.8 Å². The number of pyridine rings is 1. The van der Waals surface area contributed by atoms with Crippen LogP contribution in [0.15, 0.2) is 22.8 Å². The van der Waals surface area contributed by atoms with E-state index in [1.165, 1.54) is 32.1 Å². The SMILES string of the molecule is CN1C2CCC[C@@H]1CC(Nc1ncccc1Br)C2. The molecule has 4 heteroatoms. The molecule has 98 valence electrons. The van der Waals surface area contributed by atoms with E-state index in [0.717, 1.165) is 22.4 Å². The van der Waals surface area contributed by atoms with Gasteiger partial charge in [0.15, 0.2) is 0 Å². The van der Waals surface area contributed by atoms with Gasteiger partial charge >= 0.3 is 0 Å². The molecule has 0 aromatic carbocycles. The zero-order chi connectivity index (χ0) is 12.5. The van der Waals surface area contributed by atoms with Crippen LogP contribution in [0.3, 0.4) is 0 Å². The van der Waals surface area contributed by atoms with Gasteiger partial charge in [-0.2, -0.15) is 0 Å². The average Bonchev–Trinajstić information content (AvgIpc) is 2.33. The summed E-state index contributed by atoms with van der Waals surface area (Å²) in [6.45, 7) is 0. The Kier molecular flexibility index (Phi) is 3.57. The maximum atomic E-state index is 4.41. The van der Waals surface area contributed by atoms with Gasteiger partial charge in [0.2, 0.25) is 0 Å². The predicted octanol–water partition coefficient (Wildman–Crippen LogP) is 3.27. The van der Waals surface area contributed by atoms with Crippen LogP contribution in [0.2, 0.25) is 0 Å². The van der Waals surface area contributed by atoms with Gasteiger partial charge in [0.25, 0.3) is 0 Å². The van der Waals surface area contributed by atoms with Crippen molar-refractivity contribution in [2.75, 3.05) is 12.4 Å². The van der Waals surface area contributed by atoms with Gasteiger partial charge in [-0.3, -0.25) is 0 Å². The number of nitrogens with one attached hydrogen (secondary N) is 1. The average molecular weight is 310 g/mol. The summed E-state index contributed by atoms with van der Waals surface area (Å²) in [7, 11) is 2.29. The quantitative estimate of drug-likeness (QED) is 0.909. The lowest BCUT2D eigenvalue weighted by Gasteiger charge is -2.47. The first-order valence-corrected chi connectivity index (χ1v) is 7.62. The molecule has 2 bridgehead atoms. The Morgan fingerprint density at radius 3 is 2.72 bits per heavy atom. The lowest BCUT2D eigenvalue weighted by atomic mass is 9.82. The maximum Gasteiger partial charge on any atom is 0.140 e. The van der Waals surface area contributed by atoms with E-state index in [1.54, 1.807) is 0 Å². The molecule has 0 aliphatic carbocycles. The van der Waals surface area contributed by atoms with Gasteiger partial charge in [-0.05, 0) is 60.8 Å². The first-order valence-electron chi connectivity index (χ1n) is 6.83. The largest absolute Gasteiger partial charge is 0.366 e. The number of anilines is 1. The monoisotopic (exact) mass is 309 g/mol. The fraction of sp³-hybridized carbons (Fsp3) is 0.643. The molecule has 2 fully saturated rings. The molecule has 3 heterocycles. The second-order valence-corrected chi connectivity index (χ2v) is 6.40. The van der Waals surface area contributed by atoms with Crippen molar-refractivity contribution in [3.63, 3.8) is 0 Å². The molecule has 3 nitrogen and oxygen atoms in total. The highest BCUT2D eigenvalue weighted by molar-refractivity contribution is 9.10. The summed E-state index contributed by atoms with van der Waals surface area (Å²) in [6.07, 6.45) is 8.46. The predicted molar refractivity (Wildman–Crippen MR) is 77.8 cm³/mol. The lowest BCUT2D eigenvalue weighted by Crippen LogP contribution is -2.52. The summed E-state index contributed by atoms with van der Waals surface area (Å²) in [6, 6.07) is 6.10. The Morgan fingerprint density at radius 2 is 2.06 bits per heavy atom. The maximum absolute atomic E-state index is 4.41. The number of rotatable bonds is 2. The molecule has 2 unspecified atom stereocenters. The third kappa shape index (κ3) is 2.41. The van der Waals surface area contributed by atoms with Crippen LogP contribution in [0.1, 0.15) is 32.1 Å². The molecule has 2 aliphatic rings. The van der Waals surface area contributed by atoms with E-state index in [0.29, 0.717) is 6.04 Å². The molecule has 3 rings (SSSR count). The molecular weight excluding hydrogens is 290 g/mol. The Labute approximate surface area is 117 Å². The lowest BCUT2D eigenvalue weighted by molar-refractivity contribution is 0.0608. The first-order chi connectivity index (χ1) is 8.74. The second kappa shape index (κ2) is 5.17. The van der Waals surface area contributed by atoms with E-state index >= 15 is 0 Å². The summed E-state index contributed by atoms with van der Waals surface area (Å²) in [5.41, 5.74) is 0. The highest BCUT2D eigenvalue weighted by Gasteiger charge is 2.36. The topological polar surface area (TPSA) is 28.2 Å². The summed E-state index contributed by atoms with van der Waals surface area (Å²) in [5.74, 6) is 0.991. The van der Waals surface area contributed by atoms with E-state index < -0.39 is 0 Å². The molecule has 0 amide bonds. The summed E-state index contributed by atoms with van der Waals surface area (Å²) in [5, 5.41) is 3.61. The zero-order valence-corrected chi connectivity index (χ0v) is 12.4. The van der Waals surface area contributed by atoms with Gasteiger partial charge in [0.1, 0.15) is 5.82 Å². The van der Waals surface area contributed by atoms with Crippen LogP contribution in [0.25, 0.3) is 0 Å². The van der Waals surface area contributed by atoms with Crippen LogP contribution < -0.4 is 5.32 Å². The Bertz CT molecular complexity index is 409. The van der Waals surface area contributed by atoms with Crippen molar-refractivity contribution in [1.82, 2.24) is 9.88 Å². The summed E-state index contributed by atoms with van der Waals surface area (Å²) >= 11 is 3.56. The molecule has 0 spiro atoms. The van der Waals surface area contributed by atoms with Gasteiger partial charge < -0.3 is 10.2 Å². The van der Waals surface area contributed by atoms with Crippen LogP contribution in [-0.2, 0) is 0 Å².